The standard InChI is InChI=1S/C18H13N3/c1-12-7-8-13-15(11-12)18(14-5-4-10-20-17(13)14)21-16-6-2-3-9-19-16/h2-11H,1H3/b21-18+. The van der Waals surface area contributed by atoms with Gasteiger partial charge in [0, 0.05) is 29.1 Å². The topological polar surface area (TPSA) is 38.1 Å². The highest BCUT2D eigenvalue weighted by Crippen LogP contribution is 2.36. The van der Waals surface area contributed by atoms with E-state index in [1.54, 1.807) is 6.20 Å². The molecule has 0 atom stereocenters. The average molecular weight is 271 g/mol. The van der Waals surface area contributed by atoms with Crippen molar-refractivity contribution in [3.05, 3.63) is 77.6 Å². The smallest absolute Gasteiger partial charge is 0.152 e. The van der Waals surface area contributed by atoms with Crippen LogP contribution in [0.2, 0.25) is 0 Å². The summed E-state index contributed by atoms with van der Waals surface area (Å²) < 4.78 is 0. The van der Waals surface area contributed by atoms with Crippen LogP contribution in [0.5, 0.6) is 0 Å². The van der Waals surface area contributed by atoms with E-state index in [1.165, 1.54) is 5.56 Å². The van der Waals surface area contributed by atoms with E-state index in [-0.39, 0.29) is 0 Å². The molecule has 0 amide bonds. The zero-order valence-electron chi connectivity index (χ0n) is 11.6. The molecule has 0 fully saturated rings. The Bertz CT molecular complexity index is 851. The molecule has 0 N–H and O–H groups in total. The lowest BCUT2D eigenvalue weighted by Gasteiger charge is -2.02. The quantitative estimate of drug-likeness (QED) is 0.526. The fourth-order valence-electron chi connectivity index (χ4n) is 2.67. The first-order valence-electron chi connectivity index (χ1n) is 6.89. The second kappa shape index (κ2) is 4.63. The van der Waals surface area contributed by atoms with Gasteiger partial charge in [-0.2, -0.15) is 0 Å². The molecule has 3 aromatic rings. The molecule has 21 heavy (non-hydrogen) atoms. The van der Waals surface area contributed by atoms with E-state index in [2.05, 4.69) is 41.2 Å². The summed E-state index contributed by atoms with van der Waals surface area (Å²) in [4.78, 5) is 13.6. The van der Waals surface area contributed by atoms with Gasteiger partial charge in [0.05, 0.1) is 11.4 Å². The first kappa shape index (κ1) is 12.0. The minimum atomic E-state index is 0.719. The van der Waals surface area contributed by atoms with Crippen molar-refractivity contribution in [2.24, 2.45) is 4.99 Å². The highest BCUT2D eigenvalue weighted by molar-refractivity contribution is 6.24. The summed E-state index contributed by atoms with van der Waals surface area (Å²) in [5.41, 5.74) is 6.52. The lowest BCUT2D eigenvalue weighted by molar-refractivity contribution is 1.27. The summed E-state index contributed by atoms with van der Waals surface area (Å²) in [6.45, 7) is 2.09. The number of rotatable bonds is 1. The predicted molar refractivity (Wildman–Crippen MR) is 83.9 cm³/mol. The van der Waals surface area contributed by atoms with Crippen molar-refractivity contribution in [3.63, 3.8) is 0 Å². The Morgan fingerprint density at radius 2 is 1.71 bits per heavy atom. The van der Waals surface area contributed by atoms with Gasteiger partial charge in [0.15, 0.2) is 5.82 Å². The largest absolute Gasteiger partial charge is 0.256 e. The van der Waals surface area contributed by atoms with Gasteiger partial charge in [0.1, 0.15) is 0 Å². The van der Waals surface area contributed by atoms with Crippen LogP contribution in [0.25, 0.3) is 11.3 Å². The minimum Gasteiger partial charge on any atom is -0.256 e. The molecule has 0 unspecified atom stereocenters. The fourth-order valence-corrected chi connectivity index (χ4v) is 2.67. The Morgan fingerprint density at radius 1 is 0.810 bits per heavy atom. The van der Waals surface area contributed by atoms with Gasteiger partial charge in [-0.05, 0) is 37.3 Å². The van der Waals surface area contributed by atoms with Gasteiger partial charge in [0.25, 0.3) is 0 Å². The number of aliphatic imine (C=N–C) groups is 1. The Labute approximate surface area is 123 Å². The summed E-state index contributed by atoms with van der Waals surface area (Å²) in [7, 11) is 0. The van der Waals surface area contributed by atoms with Gasteiger partial charge in [-0.15, -0.1) is 0 Å². The first-order chi connectivity index (χ1) is 10.3. The molecule has 0 saturated carbocycles. The lowest BCUT2D eigenvalue weighted by atomic mass is 10.1. The second-order valence-corrected chi connectivity index (χ2v) is 5.10. The monoisotopic (exact) mass is 271 g/mol. The average Bonchev–Trinajstić information content (AvgIpc) is 2.82. The summed E-state index contributed by atoms with van der Waals surface area (Å²) in [6.07, 6.45) is 3.59. The molecule has 4 rings (SSSR count). The molecule has 3 heteroatoms. The van der Waals surface area contributed by atoms with Gasteiger partial charge in [-0.3, -0.25) is 4.98 Å². The van der Waals surface area contributed by atoms with E-state index in [0.29, 0.717) is 0 Å². The van der Waals surface area contributed by atoms with Crippen LogP contribution in [0.1, 0.15) is 16.7 Å². The number of fused-ring (bicyclic) bond motifs is 3. The van der Waals surface area contributed by atoms with Crippen LogP contribution in [0.3, 0.4) is 0 Å². The van der Waals surface area contributed by atoms with Crippen LogP contribution in [0.15, 0.2) is 65.9 Å². The molecule has 3 nitrogen and oxygen atoms in total. The first-order valence-corrected chi connectivity index (χ1v) is 6.89. The molecule has 0 spiro atoms. The summed E-state index contributed by atoms with van der Waals surface area (Å²) in [5, 5.41) is 0. The Balaban J connectivity index is 1.99. The normalized spacial score (nSPS) is 14.0. The molecule has 0 saturated heterocycles. The van der Waals surface area contributed by atoms with Crippen molar-refractivity contribution in [1.82, 2.24) is 9.97 Å². The van der Waals surface area contributed by atoms with Gasteiger partial charge >= 0.3 is 0 Å². The zero-order chi connectivity index (χ0) is 14.2. The van der Waals surface area contributed by atoms with Gasteiger partial charge in [-0.1, -0.05) is 23.8 Å². The van der Waals surface area contributed by atoms with Crippen molar-refractivity contribution >= 4 is 11.5 Å². The SMILES string of the molecule is Cc1ccc2c(c1)/C(=N/c1ccccn1)c1cccnc1-2. The number of benzene rings is 1. The second-order valence-electron chi connectivity index (χ2n) is 5.10. The van der Waals surface area contributed by atoms with E-state index in [4.69, 9.17) is 4.99 Å². The predicted octanol–water partition coefficient (Wildman–Crippen LogP) is 3.93. The highest BCUT2D eigenvalue weighted by Gasteiger charge is 2.25. The van der Waals surface area contributed by atoms with Crippen LogP contribution in [-0.2, 0) is 0 Å². The van der Waals surface area contributed by atoms with E-state index < -0.39 is 0 Å². The van der Waals surface area contributed by atoms with Crippen LogP contribution in [-0.4, -0.2) is 15.7 Å². The summed E-state index contributed by atoms with van der Waals surface area (Å²) >= 11 is 0. The van der Waals surface area contributed by atoms with Gasteiger partial charge < -0.3 is 0 Å². The van der Waals surface area contributed by atoms with Crippen LogP contribution >= 0.6 is 0 Å². The molecule has 2 heterocycles. The van der Waals surface area contributed by atoms with Crippen molar-refractivity contribution in [2.75, 3.05) is 0 Å². The number of hydrogen-bond acceptors (Lipinski definition) is 3. The number of nitrogens with zero attached hydrogens (tertiary/aromatic N) is 3. The zero-order valence-corrected chi connectivity index (χ0v) is 11.6. The van der Waals surface area contributed by atoms with Crippen LogP contribution < -0.4 is 0 Å². The molecule has 1 aliphatic rings. The van der Waals surface area contributed by atoms with Gasteiger partial charge in [0.2, 0.25) is 0 Å². The molecular weight excluding hydrogens is 258 g/mol. The maximum atomic E-state index is 4.75. The van der Waals surface area contributed by atoms with E-state index in [9.17, 15) is 0 Å². The van der Waals surface area contributed by atoms with Crippen molar-refractivity contribution in [2.45, 2.75) is 6.92 Å². The molecule has 0 aliphatic heterocycles. The number of aromatic nitrogens is 2. The number of pyridine rings is 2. The maximum absolute atomic E-state index is 4.75. The third-order valence-corrected chi connectivity index (χ3v) is 3.62. The minimum absolute atomic E-state index is 0.719. The fraction of sp³-hybridized carbons (Fsp3) is 0.0556. The van der Waals surface area contributed by atoms with Crippen LogP contribution in [0.4, 0.5) is 5.82 Å². The number of aryl methyl sites for hydroxylation is 1. The molecule has 0 radical (unpaired) electrons. The summed E-state index contributed by atoms with van der Waals surface area (Å²) in [5.74, 6) is 0.719. The maximum Gasteiger partial charge on any atom is 0.152 e. The third kappa shape index (κ3) is 1.94. The van der Waals surface area contributed by atoms with Crippen molar-refractivity contribution in [1.29, 1.82) is 0 Å². The van der Waals surface area contributed by atoms with E-state index >= 15 is 0 Å². The lowest BCUT2D eigenvalue weighted by Crippen LogP contribution is -1.98. The van der Waals surface area contributed by atoms with Crippen molar-refractivity contribution in [3.8, 4) is 11.3 Å². The van der Waals surface area contributed by atoms with Crippen LogP contribution in [0, 0.1) is 6.92 Å². The molecule has 1 aliphatic carbocycles. The van der Waals surface area contributed by atoms with Gasteiger partial charge in [-0.25, -0.2) is 9.98 Å². The van der Waals surface area contributed by atoms with E-state index in [1.807, 2.05) is 30.5 Å². The molecule has 100 valence electrons. The number of hydrogen-bond donors (Lipinski definition) is 0. The molecule has 1 aromatic carbocycles. The Morgan fingerprint density at radius 3 is 2.57 bits per heavy atom. The Hall–Kier alpha value is -2.81. The van der Waals surface area contributed by atoms with Crippen molar-refractivity contribution < 1.29 is 0 Å². The molecular formula is C18H13N3. The van der Waals surface area contributed by atoms with E-state index in [0.717, 1.165) is 33.9 Å². The molecule has 0 bridgehead atoms. The highest BCUT2D eigenvalue weighted by atomic mass is 14.9. The third-order valence-electron chi connectivity index (χ3n) is 3.62. The molecule has 2 aromatic heterocycles. The summed E-state index contributed by atoms with van der Waals surface area (Å²) in [6, 6.07) is 16.2. The Kier molecular flexibility index (Phi) is 2.64.